The van der Waals surface area contributed by atoms with Crippen molar-refractivity contribution in [3.05, 3.63) is 100 Å². The molecule has 0 saturated carbocycles. The number of para-hydroxylation sites is 1. The molecule has 1 aromatic heterocycles. The number of hydrogen-bond acceptors (Lipinski definition) is 7. The van der Waals surface area contributed by atoms with E-state index < -0.39 is 4.92 Å². The van der Waals surface area contributed by atoms with E-state index in [0.717, 1.165) is 17.0 Å². The maximum Gasteiger partial charge on any atom is 0.269 e. The number of thioether (sulfide) groups is 1. The Labute approximate surface area is 189 Å². The van der Waals surface area contributed by atoms with Crippen molar-refractivity contribution in [3.8, 4) is 17.2 Å². The molecule has 0 bridgehead atoms. The Morgan fingerprint density at radius 2 is 1.62 bits per heavy atom. The molecule has 0 spiro atoms. The van der Waals surface area contributed by atoms with E-state index in [-0.39, 0.29) is 12.3 Å². The van der Waals surface area contributed by atoms with Gasteiger partial charge in [-0.2, -0.15) is 0 Å². The van der Waals surface area contributed by atoms with Gasteiger partial charge in [0, 0.05) is 23.6 Å². The Morgan fingerprint density at radius 3 is 2.28 bits per heavy atom. The summed E-state index contributed by atoms with van der Waals surface area (Å²) >= 11 is 1.50. The van der Waals surface area contributed by atoms with Crippen molar-refractivity contribution < 1.29 is 14.4 Å². The largest absolute Gasteiger partial charge is 0.497 e. The summed E-state index contributed by atoms with van der Waals surface area (Å²) < 4.78 is 13.0. The molecule has 8 nitrogen and oxygen atoms in total. The average Bonchev–Trinajstić information content (AvgIpc) is 3.25. The first-order valence-corrected chi connectivity index (χ1v) is 10.8. The van der Waals surface area contributed by atoms with Crippen molar-refractivity contribution in [1.82, 2.24) is 14.8 Å². The maximum absolute atomic E-state index is 10.9. The van der Waals surface area contributed by atoms with Gasteiger partial charge in [0.05, 0.1) is 12.0 Å². The Balaban J connectivity index is 1.53. The summed E-state index contributed by atoms with van der Waals surface area (Å²) in [5.41, 5.74) is 1.96. The molecule has 0 aliphatic heterocycles. The molecule has 0 saturated heterocycles. The highest BCUT2D eigenvalue weighted by molar-refractivity contribution is 7.98. The Bertz CT molecular complexity index is 1180. The highest BCUT2D eigenvalue weighted by Gasteiger charge is 2.15. The van der Waals surface area contributed by atoms with E-state index in [4.69, 9.17) is 9.47 Å². The van der Waals surface area contributed by atoms with Crippen LogP contribution in [0.5, 0.6) is 11.5 Å². The molecule has 162 valence electrons. The Morgan fingerprint density at radius 1 is 0.938 bits per heavy atom. The first kappa shape index (κ1) is 21.4. The molecular formula is C23H20N4O4S. The van der Waals surface area contributed by atoms with Crippen molar-refractivity contribution in [2.75, 3.05) is 7.11 Å². The number of hydrogen-bond donors (Lipinski definition) is 0. The van der Waals surface area contributed by atoms with Crippen LogP contribution in [0.15, 0.2) is 84.0 Å². The lowest BCUT2D eigenvalue weighted by Gasteiger charge is -2.11. The molecule has 0 N–H and O–H groups in total. The summed E-state index contributed by atoms with van der Waals surface area (Å²) in [5, 5.41) is 20.3. The number of nitro groups is 1. The molecule has 0 radical (unpaired) electrons. The third-order valence-corrected chi connectivity index (χ3v) is 5.66. The van der Waals surface area contributed by atoms with Gasteiger partial charge in [0.15, 0.2) is 11.0 Å². The predicted molar refractivity (Wildman–Crippen MR) is 121 cm³/mol. The van der Waals surface area contributed by atoms with Gasteiger partial charge in [-0.3, -0.25) is 14.7 Å². The minimum Gasteiger partial charge on any atom is -0.497 e. The van der Waals surface area contributed by atoms with Gasteiger partial charge in [0.25, 0.3) is 5.69 Å². The van der Waals surface area contributed by atoms with E-state index in [1.54, 1.807) is 19.2 Å². The van der Waals surface area contributed by atoms with Crippen LogP contribution >= 0.6 is 11.8 Å². The number of non-ortho nitro benzene ring substituents is 1. The molecule has 4 rings (SSSR count). The predicted octanol–water partition coefficient (Wildman–Crippen LogP) is 5.06. The highest BCUT2D eigenvalue weighted by Crippen LogP contribution is 2.27. The van der Waals surface area contributed by atoms with Crippen LogP contribution in [0.3, 0.4) is 0 Å². The summed E-state index contributed by atoms with van der Waals surface area (Å²) in [7, 11) is 1.62. The van der Waals surface area contributed by atoms with Gasteiger partial charge >= 0.3 is 0 Å². The molecular weight excluding hydrogens is 428 g/mol. The minimum atomic E-state index is -0.405. The topological polar surface area (TPSA) is 92.3 Å². The lowest BCUT2D eigenvalue weighted by molar-refractivity contribution is -0.384. The molecule has 0 amide bonds. The number of benzene rings is 3. The molecule has 9 heteroatoms. The maximum atomic E-state index is 10.9. The Kier molecular flexibility index (Phi) is 6.66. The number of rotatable bonds is 9. The SMILES string of the molecule is COc1ccc(OCc2nnc(SCc3ccc([N+](=O)[O-])cc3)n2-c2ccccc2)cc1. The van der Waals surface area contributed by atoms with E-state index >= 15 is 0 Å². The summed E-state index contributed by atoms with van der Waals surface area (Å²) in [6, 6.07) is 23.7. The van der Waals surface area contributed by atoms with Crippen molar-refractivity contribution >= 4 is 17.4 Å². The standard InChI is InChI=1S/C23H20N4O4S/c1-30-20-11-13-21(14-12-20)31-15-22-24-25-23(26(22)18-5-3-2-4-6-18)32-16-17-7-9-19(10-8-17)27(28)29/h2-14H,15-16H2,1H3. The van der Waals surface area contributed by atoms with Crippen LogP contribution in [0.1, 0.15) is 11.4 Å². The second-order valence-electron chi connectivity index (χ2n) is 6.75. The minimum absolute atomic E-state index is 0.0733. The van der Waals surface area contributed by atoms with E-state index in [1.165, 1.54) is 23.9 Å². The number of methoxy groups -OCH3 is 1. The van der Waals surface area contributed by atoms with Crippen LogP contribution in [-0.4, -0.2) is 26.8 Å². The van der Waals surface area contributed by atoms with E-state index in [2.05, 4.69) is 10.2 Å². The molecule has 1 heterocycles. The molecule has 32 heavy (non-hydrogen) atoms. The number of ether oxygens (including phenoxy) is 2. The fraction of sp³-hybridized carbons (Fsp3) is 0.130. The first-order chi connectivity index (χ1) is 15.6. The number of aromatic nitrogens is 3. The van der Waals surface area contributed by atoms with Gasteiger partial charge in [-0.1, -0.05) is 42.1 Å². The highest BCUT2D eigenvalue weighted by atomic mass is 32.2. The second-order valence-corrected chi connectivity index (χ2v) is 7.69. The summed E-state index contributed by atoms with van der Waals surface area (Å²) in [6.07, 6.45) is 0. The third kappa shape index (κ3) is 5.06. The van der Waals surface area contributed by atoms with Crippen LogP contribution in [0.25, 0.3) is 5.69 Å². The zero-order valence-electron chi connectivity index (χ0n) is 17.2. The lowest BCUT2D eigenvalue weighted by atomic mass is 10.2. The van der Waals surface area contributed by atoms with Crippen molar-refractivity contribution in [1.29, 1.82) is 0 Å². The molecule has 0 atom stereocenters. The molecule has 4 aromatic rings. The first-order valence-electron chi connectivity index (χ1n) is 9.77. The van der Waals surface area contributed by atoms with Crippen LogP contribution in [0, 0.1) is 10.1 Å². The zero-order chi connectivity index (χ0) is 22.3. The van der Waals surface area contributed by atoms with Gasteiger partial charge in [0.2, 0.25) is 0 Å². The van der Waals surface area contributed by atoms with Gasteiger partial charge in [-0.15, -0.1) is 10.2 Å². The van der Waals surface area contributed by atoms with Gasteiger partial charge < -0.3 is 9.47 Å². The molecule has 0 aliphatic carbocycles. The number of nitro benzene ring substituents is 1. The van der Waals surface area contributed by atoms with Crippen molar-refractivity contribution in [2.24, 2.45) is 0 Å². The van der Waals surface area contributed by atoms with Crippen LogP contribution in [0.2, 0.25) is 0 Å². The summed E-state index contributed by atoms with van der Waals surface area (Å²) in [6.45, 7) is 0.242. The van der Waals surface area contributed by atoms with Gasteiger partial charge in [-0.05, 0) is 42.0 Å². The van der Waals surface area contributed by atoms with E-state index in [9.17, 15) is 10.1 Å². The average molecular weight is 449 g/mol. The van der Waals surface area contributed by atoms with Crippen molar-refractivity contribution in [2.45, 2.75) is 17.5 Å². The van der Waals surface area contributed by atoms with Gasteiger partial charge in [-0.25, -0.2) is 0 Å². The summed E-state index contributed by atoms with van der Waals surface area (Å²) in [5.74, 6) is 2.73. The lowest BCUT2D eigenvalue weighted by Crippen LogP contribution is -2.06. The van der Waals surface area contributed by atoms with Crippen LogP contribution in [-0.2, 0) is 12.4 Å². The fourth-order valence-electron chi connectivity index (χ4n) is 3.01. The Hall–Kier alpha value is -3.85. The number of nitrogens with zero attached hydrogens (tertiary/aromatic N) is 4. The smallest absolute Gasteiger partial charge is 0.269 e. The van der Waals surface area contributed by atoms with E-state index in [1.807, 2.05) is 59.2 Å². The zero-order valence-corrected chi connectivity index (χ0v) is 18.1. The molecule has 0 fully saturated rings. The van der Waals surface area contributed by atoms with Crippen LogP contribution in [0.4, 0.5) is 5.69 Å². The second kappa shape index (κ2) is 9.97. The normalized spacial score (nSPS) is 10.7. The monoisotopic (exact) mass is 448 g/mol. The molecule has 0 unspecified atom stereocenters. The molecule has 0 aliphatic rings. The quantitative estimate of drug-likeness (QED) is 0.201. The van der Waals surface area contributed by atoms with Crippen LogP contribution < -0.4 is 9.47 Å². The third-order valence-electron chi connectivity index (χ3n) is 4.66. The van der Waals surface area contributed by atoms with Crippen molar-refractivity contribution in [3.63, 3.8) is 0 Å². The summed E-state index contributed by atoms with van der Waals surface area (Å²) in [4.78, 5) is 10.4. The molecule has 3 aromatic carbocycles. The fourth-order valence-corrected chi connectivity index (χ4v) is 3.93. The van der Waals surface area contributed by atoms with E-state index in [0.29, 0.717) is 22.5 Å². The van der Waals surface area contributed by atoms with Gasteiger partial charge in [0.1, 0.15) is 18.1 Å².